The maximum absolute atomic E-state index is 12.7. The Morgan fingerprint density at radius 3 is 2.91 bits per heavy atom. The van der Waals surface area contributed by atoms with Gasteiger partial charge in [0, 0.05) is 38.4 Å². The fraction of sp³-hybridized carbons (Fsp3) is 0.529. The first-order valence-electron chi connectivity index (χ1n) is 7.86. The van der Waals surface area contributed by atoms with Crippen molar-refractivity contribution >= 4 is 17.4 Å². The van der Waals surface area contributed by atoms with Gasteiger partial charge < -0.3 is 10.2 Å². The van der Waals surface area contributed by atoms with Crippen LogP contribution in [0.3, 0.4) is 0 Å². The van der Waals surface area contributed by atoms with Gasteiger partial charge in [-0.25, -0.2) is 4.98 Å². The van der Waals surface area contributed by atoms with Crippen LogP contribution in [0.25, 0.3) is 0 Å². The van der Waals surface area contributed by atoms with Crippen molar-refractivity contribution in [3.8, 4) is 12.3 Å². The number of anilines is 2. The Labute approximate surface area is 136 Å². The molecule has 1 amide bonds. The molecule has 2 aliphatic heterocycles. The molecule has 6 nitrogen and oxygen atoms in total. The Morgan fingerprint density at radius 1 is 1.43 bits per heavy atom. The number of pyridine rings is 1. The second kappa shape index (κ2) is 5.65. The highest BCUT2D eigenvalue weighted by molar-refractivity contribution is 5.97. The monoisotopic (exact) mass is 311 g/mol. The van der Waals surface area contributed by atoms with Crippen molar-refractivity contribution in [1.82, 2.24) is 4.98 Å². The third-order valence-electron chi connectivity index (χ3n) is 4.18. The number of nitrogens with one attached hydrogen (secondary N) is 1. The Morgan fingerprint density at radius 2 is 2.22 bits per heavy atom. The molecule has 0 saturated carbocycles. The van der Waals surface area contributed by atoms with Gasteiger partial charge in [-0.05, 0) is 26.0 Å². The van der Waals surface area contributed by atoms with E-state index in [1.807, 2.05) is 17.0 Å². The van der Waals surface area contributed by atoms with Gasteiger partial charge in [0.2, 0.25) is 5.91 Å². The highest BCUT2D eigenvalue weighted by atomic mass is 16.2. The molecule has 0 aliphatic carbocycles. The van der Waals surface area contributed by atoms with Gasteiger partial charge >= 0.3 is 0 Å². The summed E-state index contributed by atoms with van der Waals surface area (Å²) < 4.78 is 0. The van der Waals surface area contributed by atoms with Crippen molar-refractivity contribution in [2.45, 2.75) is 50.7 Å². The predicted octanol–water partition coefficient (Wildman–Crippen LogP) is 2.97. The smallest absolute Gasteiger partial charge is 0.227 e. The number of nitrogens with zero attached hydrogens (tertiary/aromatic N) is 4. The van der Waals surface area contributed by atoms with Gasteiger partial charge in [0.25, 0.3) is 0 Å². The van der Waals surface area contributed by atoms with E-state index in [-0.39, 0.29) is 11.4 Å². The van der Waals surface area contributed by atoms with E-state index in [2.05, 4.69) is 40.3 Å². The van der Waals surface area contributed by atoms with E-state index >= 15 is 0 Å². The van der Waals surface area contributed by atoms with Crippen molar-refractivity contribution in [3.05, 3.63) is 18.3 Å². The van der Waals surface area contributed by atoms with E-state index in [0.717, 1.165) is 17.9 Å². The molecule has 1 aromatic heterocycles. The summed E-state index contributed by atoms with van der Waals surface area (Å²) in [6.45, 7) is 4.73. The minimum Gasteiger partial charge on any atom is -0.362 e. The number of carbonyl (C=O) groups excluding carboxylic acids is 1. The maximum Gasteiger partial charge on any atom is 0.227 e. The number of hydrogen-bond acceptors (Lipinski definition) is 5. The van der Waals surface area contributed by atoms with E-state index in [0.29, 0.717) is 25.8 Å². The van der Waals surface area contributed by atoms with Crippen LogP contribution in [0.4, 0.5) is 11.5 Å². The topological polar surface area (TPSA) is 70.0 Å². The van der Waals surface area contributed by atoms with Crippen molar-refractivity contribution in [3.63, 3.8) is 0 Å². The molecule has 3 heterocycles. The zero-order valence-electron chi connectivity index (χ0n) is 13.5. The number of terminal acetylenes is 1. The first-order chi connectivity index (χ1) is 10.9. The third kappa shape index (κ3) is 3.34. The lowest BCUT2D eigenvalue weighted by molar-refractivity contribution is -0.119. The number of hydrogen-bond donors (Lipinski definition) is 1. The van der Waals surface area contributed by atoms with E-state index in [1.165, 1.54) is 0 Å². The number of amides is 1. The average molecular weight is 311 g/mol. The molecule has 0 fully saturated rings. The fourth-order valence-electron chi connectivity index (χ4n) is 2.88. The molecule has 1 N–H and O–H groups in total. The molecule has 1 aromatic rings. The summed E-state index contributed by atoms with van der Waals surface area (Å²) in [5.41, 5.74) is 0.203. The maximum atomic E-state index is 12.7. The van der Waals surface area contributed by atoms with Gasteiger partial charge in [-0.3, -0.25) is 4.79 Å². The van der Waals surface area contributed by atoms with Crippen LogP contribution in [0.5, 0.6) is 0 Å². The van der Waals surface area contributed by atoms with Crippen molar-refractivity contribution in [2.75, 3.05) is 16.8 Å². The fourth-order valence-corrected chi connectivity index (χ4v) is 2.88. The molecule has 0 atom stereocenters. The van der Waals surface area contributed by atoms with Crippen LogP contribution in [0.15, 0.2) is 28.6 Å². The largest absolute Gasteiger partial charge is 0.362 e. The van der Waals surface area contributed by atoms with Crippen molar-refractivity contribution in [1.29, 1.82) is 0 Å². The lowest BCUT2D eigenvalue weighted by Gasteiger charge is -2.40. The van der Waals surface area contributed by atoms with E-state index < -0.39 is 5.66 Å². The molecule has 120 valence electrons. The normalized spacial score (nSPS) is 19.4. The Bertz CT molecular complexity index is 682. The Kier molecular flexibility index (Phi) is 3.80. The van der Waals surface area contributed by atoms with Gasteiger partial charge in [-0.15, -0.1) is 12.3 Å². The molecule has 23 heavy (non-hydrogen) atoms. The molecule has 0 radical (unpaired) electrons. The number of carbonyl (C=O) groups is 1. The lowest BCUT2D eigenvalue weighted by atomic mass is 9.98. The molecular formula is C17H21N5O. The Balaban J connectivity index is 1.69. The molecule has 0 saturated heterocycles. The van der Waals surface area contributed by atoms with Gasteiger partial charge in [0.15, 0.2) is 5.66 Å². The lowest BCUT2D eigenvalue weighted by Crippen LogP contribution is -2.51. The molecule has 0 spiro atoms. The molecule has 0 aromatic carbocycles. The highest BCUT2D eigenvalue weighted by Gasteiger charge is 2.40. The van der Waals surface area contributed by atoms with E-state index in [1.54, 1.807) is 6.20 Å². The molecule has 2 aliphatic rings. The standard InChI is InChI=1S/C17H21N5O/c1-4-5-9-17(20-21-17)10-8-14(23)22-12-16(2,3)19-15-13(22)7-6-11-18-15/h1,6-7,11H,5,8-10,12H2,2-3H3,(H,18,19). The summed E-state index contributed by atoms with van der Waals surface area (Å²) in [6, 6.07) is 3.77. The summed E-state index contributed by atoms with van der Waals surface area (Å²) in [5.74, 6) is 3.43. The third-order valence-corrected chi connectivity index (χ3v) is 4.18. The van der Waals surface area contributed by atoms with Crippen LogP contribution in [0, 0.1) is 12.3 Å². The quantitative estimate of drug-likeness (QED) is 0.850. The summed E-state index contributed by atoms with van der Waals surface area (Å²) >= 11 is 0. The minimum absolute atomic E-state index is 0.0752. The van der Waals surface area contributed by atoms with E-state index in [4.69, 9.17) is 6.42 Å². The van der Waals surface area contributed by atoms with Gasteiger partial charge in [0.05, 0.1) is 11.2 Å². The van der Waals surface area contributed by atoms with Gasteiger partial charge in [-0.1, -0.05) is 0 Å². The second-order valence-corrected chi connectivity index (χ2v) is 6.75. The highest BCUT2D eigenvalue weighted by Crippen LogP contribution is 2.39. The number of rotatable bonds is 5. The van der Waals surface area contributed by atoms with Crippen LogP contribution < -0.4 is 10.2 Å². The molecule has 6 heteroatoms. The molecule has 0 unspecified atom stereocenters. The van der Waals surface area contributed by atoms with Crippen LogP contribution in [0.1, 0.15) is 39.5 Å². The molecular weight excluding hydrogens is 290 g/mol. The van der Waals surface area contributed by atoms with Gasteiger partial charge in [0.1, 0.15) is 5.82 Å². The summed E-state index contributed by atoms with van der Waals surface area (Å²) in [4.78, 5) is 18.9. The van der Waals surface area contributed by atoms with Crippen LogP contribution in [-0.4, -0.2) is 28.6 Å². The first kappa shape index (κ1) is 15.5. The SMILES string of the molecule is C#CCCC1(CCC(=O)N2CC(C)(C)Nc3ncccc32)N=N1. The zero-order valence-corrected chi connectivity index (χ0v) is 13.5. The molecule has 3 rings (SSSR count). The Hall–Kier alpha value is -2.42. The second-order valence-electron chi connectivity index (χ2n) is 6.75. The summed E-state index contributed by atoms with van der Waals surface area (Å²) in [7, 11) is 0. The van der Waals surface area contributed by atoms with Crippen molar-refractivity contribution in [2.24, 2.45) is 10.2 Å². The summed E-state index contributed by atoms with van der Waals surface area (Å²) in [6.07, 6.45) is 9.41. The van der Waals surface area contributed by atoms with E-state index in [9.17, 15) is 4.79 Å². The van der Waals surface area contributed by atoms with Crippen LogP contribution in [0.2, 0.25) is 0 Å². The minimum atomic E-state index is -0.413. The first-order valence-corrected chi connectivity index (χ1v) is 7.86. The average Bonchev–Trinajstić information content (AvgIpc) is 3.29. The summed E-state index contributed by atoms with van der Waals surface area (Å²) in [5, 5.41) is 11.6. The van der Waals surface area contributed by atoms with Crippen LogP contribution >= 0.6 is 0 Å². The number of aromatic nitrogens is 1. The van der Waals surface area contributed by atoms with Crippen LogP contribution in [-0.2, 0) is 4.79 Å². The van der Waals surface area contributed by atoms with Gasteiger partial charge in [-0.2, -0.15) is 10.2 Å². The molecule has 0 bridgehead atoms. The zero-order chi connectivity index (χ0) is 16.5. The number of fused-ring (bicyclic) bond motifs is 1. The van der Waals surface area contributed by atoms with Crippen molar-refractivity contribution < 1.29 is 4.79 Å². The predicted molar refractivity (Wildman–Crippen MR) is 89.2 cm³/mol.